The molecule has 13 heteroatoms. The van der Waals surface area contributed by atoms with Crippen LogP contribution in [-0.4, -0.2) is 62.5 Å². The molecule has 29 heavy (non-hydrogen) atoms. The summed E-state index contributed by atoms with van der Waals surface area (Å²) >= 11 is 0. The number of primary amides is 1. The Balaban J connectivity index is 2.06. The number of nitrogens with one attached hydrogen (secondary N) is 3. The van der Waals surface area contributed by atoms with Crippen molar-refractivity contribution in [2.24, 2.45) is 5.73 Å². The molecule has 1 aromatic carbocycles. The molecule has 0 saturated carbocycles. The Morgan fingerprint density at radius 2 is 2.00 bits per heavy atom. The first-order valence-electron chi connectivity index (χ1n) is 8.29. The molecule has 158 valence electrons. The van der Waals surface area contributed by atoms with Gasteiger partial charge >= 0.3 is 6.03 Å². The Morgan fingerprint density at radius 3 is 2.59 bits per heavy atom. The number of alkyl halides is 2. The molecule has 0 aromatic heterocycles. The molecule has 1 aromatic rings. The Kier molecular flexibility index (Phi) is 7.36. The average molecular weight is 417 g/mol. The Bertz CT molecular complexity index is 807. The maximum absolute atomic E-state index is 14.3. The van der Waals surface area contributed by atoms with E-state index in [-0.39, 0.29) is 37.0 Å². The van der Waals surface area contributed by atoms with E-state index in [0.29, 0.717) is 0 Å². The molecule has 1 fully saturated rings. The SMILES string of the molecule is NC(=O)[C@@H](NC(=O)NCC(F)F)C(=O)Nc1ccc(N2CCOCC2=O)cc1F. The van der Waals surface area contributed by atoms with Crippen molar-refractivity contribution in [3.8, 4) is 0 Å². The van der Waals surface area contributed by atoms with Crippen molar-refractivity contribution in [1.82, 2.24) is 10.6 Å². The monoisotopic (exact) mass is 417 g/mol. The van der Waals surface area contributed by atoms with Crippen molar-refractivity contribution in [3.05, 3.63) is 24.0 Å². The van der Waals surface area contributed by atoms with Crippen LogP contribution in [0.1, 0.15) is 0 Å². The van der Waals surface area contributed by atoms with Gasteiger partial charge < -0.3 is 31.3 Å². The zero-order valence-corrected chi connectivity index (χ0v) is 14.9. The standard InChI is InChI=1S/C16H18F3N5O5/c17-9-5-8(24-3-4-29-7-12(24)25)1-2-10(9)22-15(27)13(14(20)26)23-16(28)21-6-11(18)19/h1-2,5,11,13H,3-4,6-7H2,(H2,20,26)(H,22,27)(H2,21,23,28)/t13-/m1/s1. The van der Waals surface area contributed by atoms with Gasteiger partial charge in [0.2, 0.25) is 5.91 Å². The summed E-state index contributed by atoms with van der Waals surface area (Å²) in [6.07, 6.45) is -2.84. The average Bonchev–Trinajstić information content (AvgIpc) is 2.66. The minimum Gasteiger partial charge on any atom is -0.370 e. The van der Waals surface area contributed by atoms with Crippen LogP contribution < -0.4 is 26.6 Å². The van der Waals surface area contributed by atoms with Crippen LogP contribution in [0, 0.1) is 5.82 Å². The molecule has 0 unspecified atom stereocenters. The second kappa shape index (κ2) is 9.73. The lowest BCUT2D eigenvalue weighted by atomic mass is 10.2. The number of benzene rings is 1. The van der Waals surface area contributed by atoms with Gasteiger partial charge in [0, 0.05) is 12.2 Å². The maximum Gasteiger partial charge on any atom is 0.316 e. The Hall–Kier alpha value is -3.35. The molecule has 0 bridgehead atoms. The summed E-state index contributed by atoms with van der Waals surface area (Å²) in [6.45, 7) is -0.633. The minimum atomic E-state index is -2.84. The molecule has 1 aliphatic rings. The second-order valence-corrected chi connectivity index (χ2v) is 5.83. The molecule has 1 atom stereocenters. The van der Waals surface area contributed by atoms with Crippen molar-refractivity contribution in [3.63, 3.8) is 0 Å². The quantitative estimate of drug-likeness (QED) is 0.444. The van der Waals surface area contributed by atoms with Gasteiger partial charge in [-0.25, -0.2) is 18.0 Å². The van der Waals surface area contributed by atoms with Crippen LogP contribution in [0.4, 0.5) is 29.3 Å². The van der Waals surface area contributed by atoms with Gasteiger partial charge in [-0.1, -0.05) is 0 Å². The van der Waals surface area contributed by atoms with E-state index in [2.05, 4.69) is 5.32 Å². The highest BCUT2D eigenvalue weighted by atomic mass is 19.3. The van der Waals surface area contributed by atoms with Crippen LogP contribution in [0.25, 0.3) is 0 Å². The predicted molar refractivity (Wildman–Crippen MR) is 93.7 cm³/mol. The van der Waals surface area contributed by atoms with E-state index >= 15 is 0 Å². The van der Waals surface area contributed by atoms with E-state index < -0.39 is 42.7 Å². The van der Waals surface area contributed by atoms with Crippen LogP contribution in [0.5, 0.6) is 0 Å². The summed E-state index contributed by atoms with van der Waals surface area (Å²) in [5.74, 6) is -3.75. The maximum atomic E-state index is 14.3. The third-order valence-corrected chi connectivity index (χ3v) is 3.75. The number of rotatable bonds is 7. The van der Waals surface area contributed by atoms with Crippen molar-refractivity contribution in [2.45, 2.75) is 12.5 Å². The Labute approximate surface area is 162 Å². The molecule has 1 aliphatic heterocycles. The number of morpholine rings is 1. The third kappa shape index (κ3) is 6.07. The number of carbonyl (C=O) groups is 4. The molecule has 2 rings (SSSR count). The summed E-state index contributed by atoms with van der Waals surface area (Å²) in [5.41, 5.74) is 4.92. The fourth-order valence-electron chi connectivity index (χ4n) is 2.39. The smallest absolute Gasteiger partial charge is 0.316 e. The number of nitrogens with two attached hydrogens (primary N) is 1. The molecule has 1 saturated heterocycles. The van der Waals surface area contributed by atoms with E-state index in [1.807, 2.05) is 5.32 Å². The normalized spacial score (nSPS) is 15.0. The van der Waals surface area contributed by atoms with Gasteiger partial charge in [-0.05, 0) is 18.2 Å². The van der Waals surface area contributed by atoms with Crippen molar-refractivity contribution in [1.29, 1.82) is 0 Å². The van der Waals surface area contributed by atoms with Crippen LogP contribution in [0.2, 0.25) is 0 Å². The fraction of sp³-hybridized carbons (Fsp3) is 0.375. The topological polar surface area (TPSA) is 143 Å². The molecule has 5 N–H and O–H groups in total. The zero-order chi connectivity index (χ0) is 21.6. The summed E-state index contributed by atoms with van der Waals surface area (Å²) in [7, 11) is 0. The fourth-order valence-corrected chi connectivity index (χ4v) is 2.39. The van der Waals surface area contributed by atoms with Gasteiger partial charge in [-0.3, -0.25) is 14.4 Å². The molecular weight excluding hydrogens is 399 g/mol. The molecule has 0 spiro atoms. The number of ether oxygens (including phenoxy) is 1. The van der Waals surface area contributed by atoms with Gasteiger partial charge in [0.15, 0.2) is 6.04 Å². The van der Waals surface area contributed by atoms with Gasteiger partial charge in [-0.15, -0.1) is 0 Å². The Morgan fingerprint density at radius 1 is 1.28 bits per heavy atom. The van der Waals surface area contributed by atoms with Gasteiger partial charge in [0.1, 0.15) is 12.4 Å². The lowest BCUT2D eigenvalue weighted by Gasteiger charge is -2.27. The first kappa shape index (κ1) is 21.9. The lowest BCUT2D eigenvalue weighted by Crippen LogP contribution is -2.54. The zero-order valence-electron chi connectivity index (χ0n) is 14.9. The first-order chi connectivity index (χ1) is 13.7. The van der Waals surface area contributed by atoms with Crippen molar-refractivity contribution in [2.75, 3.05) is 36.5 Å². The van der Waals surface area contributed by atoms with Crippen molar-refractivity contribution >= 4 is 35.1 Å². The molecule has 1 heterocycles. The number of hydrogen-bond acceptors (Lipinski definition) is 5. The highest BCUT2D eigenvalue weighted by Gasteiger charge is 2.28. The van der Waals surface area contributed by atoms with Gasteiger partial charge in [-0.2, -0.15) is 0 Å². The molecule has 5 amide bonds. The largest absolute Gasteiger partial charge is 0.370 e. The number of urea groups is 1. The summed E-state index contributed by atoms with van der Waals surface area (Å²) in [6, 6.07) is 0.351. The number of halogens is 3. The minimum absolute atomic E-state index is 0.139. The number of carbonyl (C=O) groups excluding carboxylic acids is 4. The van der Waals surface area contributed by atoms with E-state index in [1.165, 1.54) is 11.0 Å². The van der Waals surface area contributed by atoms with Crippen LogP contribution >= 0.6 is 0 Å². The summed E-state index contributed by atoms with van der Waals surface area (Å²) < 4.78 is 43.5. The highest BCUT2D eigenvalue weighted by Crippen LogP contribution is 2.23. The van der Waals surface area contributed by atoms with Crippen LogP contribution in [0.15, 0.2) is 18.2 Å². The van der Waals surface area contributed by atoms with E-state index in [0.717, 1.165) is 12.1 Å². The number of hydrogen-bond donors (Lipinski definition) is 4. The number of anilines is 2. The predicted octanol–water partition coefficient (Wildman–Crippen LogP) is -0.454. The molecule has 10 nitrogen and oxygen atoms in total. The summed E-state index contributed by atoms with van der Waals surface area (Å²) in [5, 5.41) is 5.63. The molecule has 0 aliphatic carbocycles. The third-order valence-electron chi connectivity index (χ3n) is 3.75. The van der Waals surface area contributed by atoms with Gasteiger partial charge in [0.05, 0.1) is 18.8 Å². The molecular formula is C16H18F3N5O5. The highest BCUT2D eigenvalue weighted by molar-refractivity contribution is 6.11. The second-order valence-electron chi connectivity index (χ2n) is 5.83. The van der Waals surface area contributed by atoms with Crippen LogP contribution in [0.3, 0.4) is 0 Å². The first-order valence-corrected chi connectivity index (χ1v) is 8.29. The van der Waals surface area contributed by atoms with Crippen molar-refractivity contribution < 1.29 is 37.1 Å². The van der Waals surface area contributed by atoms with E-state index in [4.69, 9.17) is 10.5 Å². The van der Waals surface area contributed by atoms with E-state index in [1.54, 1.807) is 5.32 Å². The van der Waals surface area contributed by atoms with E-state index in [9.17, 15) is 32.3 Å². The number of amides is 5. The summed E-state index contributed by atoms with van der Waals surface area (Å²) in [4.78, 5) is 48.1. The molecule has 0 radical (unpaired) electrons. The number of nitrogens with zero attached hydrogens (tertiary/aromatic N) is 1. The van der Waals surface area contributed by atoms with Crippen LogP contribution in [-0.2, 0) is 19.1 Å². The van der Waals surface area contributed by atoms with Gasteiger partial charge in [0.25, 0.3) is 18.2 Å². The lowest BCUT2D eigenvalue weighted by molar-refractivity contribution is -0.128.